The zero-order chi connectivity index (χ0) is 19.4. The molecule has 2 aromatic heterocycles. The molecule has 0 unspecified atom stereocenters. The van der Waals surface area contributed by atoms with E-state index in [0.717, 1.165) is 18.2 Å². The summed E-state index contributed by atoms with van der Waals surface area (Å²) in [6.07, 6.45) is 3.75. The van der Waals surface area contributed by atoms with E-state index in [0.29, 0.717) is 33.2 Å². The molecule has 0 bridgehead atoms. The number of carbonyl (C=O) groups is 1. The smallest absolute Gasteiger partial charge is 0.252 e. The molecule has 0 spiro atoms. The number of amides is 1. The summed E-state index contributed by atoms with van der Waals surface area (Å²) in [7, 11) is 0. The summed E-state index contributed by atoms with van der Waals surface area (Å²) in [5, 5.41) is 4.33. The molecule has 4 nitrogen and oxygen atoms in total. The summed E-state index contributed by atoms with van der Waals surface area (Å²) in [5.74, 6) is -1.83. The van der Waals surface area contributed by atoms with Crippen LogP contribution in [0.25, 0.3) is 33.1 Å². The number of H-pyrrole nitrogens is 1. The Kier molecular flexibility index (Phi) is 3.69. The lowest BCUT2D eigenvalue weighted by molar-refractivity contribution is 0.0952. The van der Waals surface area contributed by atoms with Gasteiger partial charge in [0.2, 0.25) is 0 Å². The number of carbonyl (C=O) groups excluding carboxylic acids is 1. The van der Waals surface area contributed by atoms with Crippen LogP contribution in [0.15, 0.2) is 42.6 Å². The first-order valence-electron chi connectivity index (χ1n) is 9.19. The number of pyridine rings is 1. The predicted molar refractivity (Wildman–Crippen MR) is 104 cm³/mol. The molecule has 140 valence electrons. The molecule has 1 aliphatic carbocycles. The van der Waals surface area contributed by atoms with Crippen molar-refractivity contribution in [2.75, 3.05) is 0 Å². The Balaban J connectivity index is 1.63. The van der Waals surface area contributed by atoms with Crippen molar-refractivity contribution in [1.29, 1.82) is 0 Å². The van der Waals surface area contributed by atoms with Crippen molar-refractivity contribution in [3.8, 4) is 11.3 Å². The van der Waals surface area contributed by atoms with Gasteiger partial charge >= 0.3 is 0 Å². The van der Waals surface area contributed by atoms with Crippen LogP contribution in [-0.4, -0.2) is 21.9 Å². The van der Waals surface area contributed by atoms with Crippen LogP contribution >= 0.6 is 0 Å². The molecule has 1 fully saturated rings. The van der Waals surface area contributed by atoms with E-state index < -0.39 is 11.6 Å². The molecular formula is C22H17F2N3O. The predicted octanol–water partition coefficient (Wildman–Crippen LogP) is 4.86. The van der Waals surface area contributed by atoms with Crippen LogP contribution in [-0.2, 0) is 0 Å². The van der Waals surface area contributed by atoms with Gasteiger partial charge in [-0.15, -0.1) is 0 Å². The highest BCUT2D eigenvalue weighted by atomic mass is 19.2. The molecule has 1 saturated carbocycles. The van der Waals surface area contributed by atoms with Crippen LogP contribution in [0.1, 0.15) is 28.8 Å². The van der Waals surface area contributed by atoms with Crippen molar-refractivity contribution in [2.45, 2.75) is 25.8 Å². The van der Waals surface area contributed by atoms with Crippen LogP contribution in [0.5, 0.6) is 0 Å². The molecule has 2 aromatic carbocycles. The zero-order valence-corrected chi connectivity index (χ0v) is 15.1. The van der Waals surface area contributed by atoms with Crippen molar-refractivity contribution in [2.24, 2.45) is 0 Å². The SMILES string of the molecule is Cc1c(F)c(F)cc2c(-c3ccc4c(C(=O)NC5CC5)cccc4n3)c[nH]c12. The first kappa shape index (κ1) is 16.9. The van der Waals surface area contributed by atoms with E-state index in [1.165, 1.54) is 6.07 Å². The van der Waals surface area contributed by atoms with Crippen molar-refractivity contribution in [3.05, 3.63) is 65.4 Å². The van der Waals surface area contributed by atoms with Gasteiger partial charge in [0.1, 0.15) is 0 Å². The Morgan fingerprint density at radius 1 is 1.18 bits per heavy atom. The van der Waals surface area contributed by atoms with Crippen LogP contribution in [0.2, 0.25) is 0 Å². The van der Waals surface area contributed by atoms with E-state index in [1.807, 2.05) is 12.1 Å². The summed E-state index contributed by atoms with van der Waals surface area (Å²) in [5.41, 5.74) is 3.37. The van der Waals surface area contributed by atoms with Gasteiger partial charge in [0.25, 0.3) is 5.91 Å². The number of hydrogen-bond donors (Lipinski definition) is 2. The largest absolute Gasteiger partial charge is 0.360 e. The molecule has 1 amide bonds. The van der Waals surface area contributed by atoms with E-state index in [9.17, 15) is 13.6 Å². The Morgan fingerprint density at radius 2 is 2.00 bits per heavy atom. The number of nitrogens with zero attached hydrogens (tertiary/aromatic N) is 1. The molecule has 0 saturated heterocycles. The topological polar surface area (TPSA) is 57.8 Å². The van der Waals surface area contributed by atoms with Gasteiger partial charge in [-0.05, 0) is 50.1 Å². The number of nitrogens with one attached hydrogen (secondary N) is 2. The minimum absolute atomic E-state index is 0.0945. The highest BCUT2D eigenvalue weighted by Gasteiger charge is 2.24. The third kappa shape index (κ3) is 2.64. The van der Waals surface area contributed by atoms with Crippen LogP contribution in [0, 0.1) is 18.6 Å². The van der Waals surface area contributed by atoms with Gasteiger partial charge in [-0.25, -0.2) is 13.8 Å². The standard InChI is InChI=1S/C22H17F2N3O/c1-11-20(24)17(23)9-15-16(10-25-21(11)15)19-8-7-13-14(3-2-4-18(13)27-19)22(28)26-12-5-6-12/h2-4,7-10,12,25H,5-6H2,1H3,(H,26,28). The minimum atomic E-state index is -0.884. The number of hydrogen-bond acceptors (Lipinski definition) is 2. The molecule has 28 heavy (non-hydrogen) atoms. The van der Waals surface area contributed by atoms with E-state index in [1.54, 1.807) is 31.3 Å². The van der Waals surface area contributed by atoms with E-state index in [-0.39, 0.29) is 17.5 Å². The molecule has 0 aliphatic heterocycles. The first-order valence-corrected chi connectivity index (χ1v) is 9.19. The molecule has 0 atom stereocenters. The average Bonchev–Trinajstić information content (AvgIpc) is 3.41. The fourth-order valence-electron chi connectivity index (χ4n) is 3.58. The van der Waals surface area contributed by atoms with Crippen molar-refractivity contribution in [3.63, 3.8) is 0 Å². The average molecular weight is 377 g/mol. The summed E-state index contributed by atoms with van der Waals surface area (Å²) < 4.78 is 27.8. The van der Waals surface area contributed by atoms with Gasteiger partial charge in [0, 0.05) is 39.7 Å². The number of halogens is 2. The molecule has 2 heterocycles. The fraction of sp³-hybridized carbons (Fsp3) is 0.182. The number of rotatable bonds is 3. The van der Waals surface area contributed by atoms with E-state index in [2.05, 4.69) is 15.3 Å². The second-order valence-corrected chi connectivity index (χ2v) is 7.24. The lowest BCUT2D eigenvalue weighted by Gasteiger charge is -2.08. The quantitative estimate of drug-likeness (QED) is 0.536. The Hall–Kier alpha value is -3.28. The maximum atomic E-state index is 13.9. The molecule has 1 aliphatic rings. The monoisotopic (exact) mass is 377 g/mol. The number of benzene rings is 2. The van der Waals surface area contributed by atoms with Crippen molar-refractivity contribution in [1.82, 2.24) is 15.3 Å². The van der Waals surface area contributed by atoms with Gasteiger partial charge < -0.3 is 10.3 Å². The number of aromatic amines is 1. The van der Waals surface area contributed by atoms with Crippen LogP contribution in [0.4, 0.5) is 8.78 Å². The zero-order valence-electron chi connectivity index (χ0n) is 15.1. The minimum Gasteiger partial charge on any atom is -0.360 e. The molecular weight excluding hydrogens is 360 g/mol. The maximum Gasteiger partial charge on any atom is 0.252 e. The first-order chi connectivity index (χ1) is 13.5. The molecule has 5 rings (SSSR count). The molecule has 0 radical (unpaired) electrons. The lowest BCUT2D eigenvalue weighted by atomic mass is 10.0. The second-order valence-electron chi connectivity index (χ2n) is 7.24. The lowest BCUT2D eigenvalue weighted by Crippen LogP contribution is -2.25. The number of aryl methyl sites for hydroxylation is 1. The van der Waals surface area contributed by atoms with Crippen LogP contribution in [0.3, 0.4) is 0 Å². The molecule has 4 aromatic rings. The van der Waals surface area contributed by atoms with Gasteiger partial charge in [0.05, 0.1) is 16.7 Å². The third-order valence-electron chi connectivity index (χ3n) is 5.27. The summed E-state index contributed by atoms with van der Waals surface area (Å²) in [6.45, 7) is 1.54. The highest BCUT2D eigenvalue weighted by Crippen LogP contribution is 2.33. The van der Waals surface area contributed by atoms with Gasteiger partial charge in [-0.1, -0.05) is 6.07 Å². The van der Waals surface area contributed by atoms with Gasteiger partial charge in [0.15, 0.2) is 11.6 Å². The van der Waals surface area contributed by atoms with E-state index in [4.69, 9.17) is 0 Å². The normalized spacial score (nSPS) is 14.0. The summed E-state index contributed by atoms with van der Waals surface area (Å²) >= 11 is 0. The maximum absolute atomic E-state index is 13.9. The summed E-state index contributed by atoms with van der Waals surface area (Å²) in [6, 6.07) is 10.5. The third-order valence-corrected chi connectivity index (χ3v) is 5.27. The Morgan fingerprint density at radius 3 is 2.79 bits per heavy atom. The summed E-state index contributed by atoms with van der Waals surface area (Å²) in [4.78, 5) is 20.2. The van der Waals surface area contributed by atoms with Crippen LogP contribution < -0.4 is 5.32 Å². The number of aromatic nitrogens is 2. The van der Waals surface area contributed by atoms with Crippen molar-refractivity contribution >= 4 is 27.7 Å². The number of fused-ring (bicyclic) bond motifs is 2. The van der Waals surface area contributed by atoms with Gasteiger partial charge in [-0.3, -0.25) is 4.79 Å². The Bertz CT molecular complexity index is 1260. The second kappa shape index (κ2) is 6.12. The fourth-order valence-corrected chi connectivity index (χ4v) is 3.58. The van der Waals surface area contributed by atoms with Gasteiger partial charge in [-0.2, -0.15) is 0 Å². The van der Waals surface area contributed by atoms with Crippen molar-refractivity contribution < 1.29 is 13.6 Å². The van der Waals surface area contributed by atoms with E-state index >= 15 is 0 Å². The molecule has 2 N–H and O–H groups in total. The Labute approximate surface area is 159 Å². The molecule has 6 heteroatoms. The highest BCUT2D eigenvalue weighted by molar-refractivity contribution is 6.07.